The number of amides is 1. The van der Waals surface area contributed by atoms with Crippen LogP contribution >= 0.6 is 0 Å². The van der Waals surface area contributed by atoms with E-state index in [0.717, 1.165) is 56.6 Å². The van der Waals surface area contributed by atoms with E-state index in [9.17, 15) is 4.79 Å². The number of hydrogen-bond acceptors (Lipinski definition) is 5. The monoisotopic (exact) mass is 343 g/mol. The molecule has 1 aliphatic heterocycles. The first kappa shape index (κ1) is 17.5. The van der Waals surface area contributed by atoms with Gasteiger partial charge in [0.15, 0.2) is 0 Å². The Morgan fingerprint density at radius 1 is 1.24 bits per heavy atom. The lowest BCUT2D eigenvalue weighted by Crippen LogP contribution is -2.33. The SMILES string of the molecule is CCCOC1CCCN(C(=O)Cc2ccc(-n3cnnn3)cc2)CC1. The highest BCUT2D eigenvalue weighted by Gasteiger charge is 2.21. The van der Waals surface area contributed by atoms with E-state index < -0.39 is 0 Å². The molecule has 0 N–H and O–H groups in total. The van der Waals surface area contributed by atoms with E-state index in [1.165, 1.54) is 0 Å². The molecule has 1 aliphatic rings. The van der Waals surface area contributed by atoms with Crippen LogP contribution in [0.1, 0.15) is 38.2 Å². The summed E-state index contributed by atoms with van der Waals surface area (Å²) < 4.78 is 7.44. The van der Waals surface area contributed by atoms with Gasteiger partial charge in [-0.25, -0.2) is 4.68 Å². The van der Waals surface area contributed by atoms with Crippen LogP contribution < -0.4 is 0 Å². The molecule has 1 fully saturated rings. The van der Waals surface area contributed by atoms with Crippen LogP contribution in [0.15, 0.2) is 30.6 Å². The number of nitrogens with zero attached hydrogens (tertiary/aromatic N) is 5. The number of carbonyl (C=O) groups is 1. The van der Waals surface area contributed by atoms with Crippen LogP contribution in [0.3, 0.4) is 0 Å². The van der Waals surface area contributed by atoms with Crippen molar-refractivity contribution in [2.75, 3.05) is 19.7 Å². The fraction of sp³-hybridized carbons (Fsp3) is 0.556. The second kappa shape index (κ2) is 8.71. The van der Waals surface area contributed by atoms with Crippen LogP contribution in [0.25, 0.3) is 5.69 Å². The van der Waals surface area contributed by atoms with Crippen LogP contribution in [0.2, 0.25) is 0 Å². The number of rotatable bonds is 6. The Bertz CT molecular complexity index is 657. The first-order chi connectivity index (χ1) is 12.3. The highest BCUT2D eigenvalue weighted by molar-refractivity contribution is 5.78. The molecule has 1 atom stereocenters. The summed E-state index contributed by atoms with van der Waals surface area (Å²) in [7, 11) is 0. The van der Waals surface area contributed by atoms with Crippen molar-refractivity contribution in [3.63, 3.8) is 0 Å². The highest BCUT2D eigenvalue weighted by Crippen LogP contribution is 2.16. The van der Waals surface area contributed by atoms with Gasteiger partial charge in [-0.1, -0.05) is 19.1 Å². The summed E-state index contributed by atoms with van der Waals surface area (Å²) in [6.45, 7) is 4.55. The molecule has 1 amide bonds. The van der Waals surface area contributed by atoms with Crippen molar-refractivity contribution in [2.45, 2.75) is 45.1 Å². The summed E-state index contributed by atoms with van der Waals surface area (Å²) in [6.07, 6.45) is 6.31. The second-order valence-electron chi connectivity index (χ2n) is 6.40. The maximum atomic E-state index is 12.6. The predicted octanol–water partition coefficient (Wildman–Crippen LogP) is 2.01. The van der Waals surface area contributed by atoms with E-state index in [1.807, 2.05) is 29.2 Å². The lowest BCUT2D eigenvalue weighted by atomic mass is 10.1. The number of likely N-dealkylation sites (tertiary alicyclic amines) is 1. The minimum absolute atomic E-state index is 0.186. The van der Waals surface area contributed by atoms with E-state index in [-0.39, 0.29) is 5.91 Å². The van der Waals surface area contributed by atoms with Crippen molar-refractivity contribution < 1.29 is 9.53 Å². The third kappa shape index (κ3) is 4.85. The van der Waals surface area contributed by atoms with Crippen molar-refractivity contribution in [2.24, 2.45) is 0 Å². The number of ether oxygens (including phenoxy) is 1. The molecule has 3 rings (SSSR count). The number of hydrogen-bond donors (Lipinski definition) is 0. The minimum atomic E-state index is 0.186. The fourth-order valence-corrected chi connectivity index (χ4v) is 3.10. The van der Waals surface area contributed by atoms with Gasteiger partial charge in [0, 0.05) is 19.7 Å². The Morgan fingerprint density at radius 2 is 2.08 bits per heavy atom. The van der Waals surface area contributed by atoms with Crippen molar-refractivity contribution in [3.05, 3.63) is 36.2 Å². The normalized spacial score (nSPS) is 18.1. The Hall–Kier alpha value is -2.28. The topological polar surface area (TPSA) is 73.1 Å². The largest absolute Gasteiger partial charge is 0.378 e. The molecule has 25 heavy (non-hydrogen) atoms. The molecule has 1 saturated heterocycles. The average Bonchev–Trinajstić information content (AvgIpc) is 3.06. The first-order valence-electron chi connectivity index (χ1n) is 8.98. The molecule has 0 radical (unpaired) electrons. The summed E-state index contributed by atoms with van der Waals surface area (Å²) in [5, 5.41) is 11.1. The predicted molar refractivity (Wildman–Crippen MR) is 93.3 cm³/mol. The van der Waals surface area contributed by atoms with Crippen LogP contribution in [-0.4, -0.2) is 56.8 Å². The van der Waals surface area contributed by atoms with Gasteiger partial charge in [0.05, 0.1) is 18.2 Å². The van der Waals surface area contributed by atoms with Crippen molar-refractivity contribution in [1.29, 1.82) is 0 Å². The van der Waals surface area contributed by atoms with Gasteiger partial charge in [0.1, 0.15) is 6.33 Å². The van der Waals surface area contributed by atoms with E-state index in [4.69, 9.17) is 4.74 Å². The molecule has 134 valence electrons. The maximum Gasteiger partial charge on any atom is 0.226 e. The summed E-state index contributed by atoms with van der Waals surface area (Å²) in [5.41, 5.74) is 1.89. The molecule has 0 spiro atoms. The third-order valence-corrected chi connectivity index (χ3v) is 4.49. The average molecular weight is 343 g/mol. The van der Waals surface area contributed by atoms with Gasteiger partial charge in [0.25, 0.3) is 0 Å². The van der Waals surface area contributed by atoms with E-state index >= 15 is 0 Å². The number of benzene rings is 1. The summed E-state index contributed by atoms with van der Waals surface area (Å²) in [6, 6.07) is 7.77. The van der Waals surface area contributed by atoms with E-state index in [2.05, 4.69) is 22.4 Å². The molecule has 1 aromatic heterocycles. The molecule has 2 heterocycles. The Kier molecular flexibility index (Phi) is 6.11. The summed E-state index contributed by atoms with van der Waals surface area (Å²) in [5.74, 6) is 0.186. The minimum Gasteiger partial charge on any atom is -0.378 e. The van der Waals surface area contributed by atoms with E-state index in [1.54, 1.807) is 11.0 Å². The lowest BCUT2D eigenvalue weighted by molar-refractivity contribution is -0.130. The summed E-state index contributed by atoms with van der Waals surface area (Å²) >= 11 is 0. The van der Waals surface area contributed by atoms with Crippen molar-refractivity contribution >= 4 is 5.91 Å². The van der Waals surface area contributed by atoms with Crippen LogP contribution in [0, 0.1) is 0 Å². The maximum absolute atomic E-state index is 12.6. The van der Waals surface area contributed by atoms with Gasteiger partial charge in [-0.3, -0.25) is 4.79 Å². The molecule has 2 aromatic rings. The van der Waals surface area contributed by atoms with Crippen LogP contribution in [-0.2, 0) is 16.0 Å². The van der Waals surface area contributed by atoms with Gasteiger partial charge in [-0.2, -0.15) is 0 Å². The highest BCUT2D eigenvalue weighted by atomic mass is 16.5. The molecule has 0 aliphatic carbocycles. The number of aromatic nitrogens is 4. The number of tetrazole rings is 1. The van der Waals surface area contributed by atoms with E-state index in [0.29, 0.717) is 12.5 Å². The van der Waals surface area contributed by atoms with Gasteiger partial charge >= 0.3 is 0 Å². The first-order valence-corrected chi connectivity index (χ1v) is 8.98. The van der Waals surface area contributed by atoms with Gasteiger partial charge in [-0.15, -0.1) is 5.10 Å². The smallest absolute Gasteiger partial charge is 0.226 e. The van der Waals surface area contributed by atoms with Crippen molar-refractivity contribution in [3.8, 4) is 5.69 Å². The summed E-state index contributed by atoms with van der Waals surface area (Å²) in [4.78, 5) is 14.6. The van der Waals surface area contributed by atoms with Crippen molar-refractivity contribution in [1.82, 2.24) is 25.1 Å². The third-order valence-electron chi connectivity index (χ3n) is 4.49. The lowest BCUT2D eigenvalue weighted by Gasteiger charge is -2.21. The molecular formula is C18H25N5O2. The van der Waals surface area contributed by atoms with Gasteiger partial charge < -0.3 is 9.64 Å². The molecule has 1 unspecified atom stereocenters. The zero-order chi connectivity index (χ0) is 17.5. The molecule has 7 nitrogen and oxygen atoms in total. The van der Waals surface area contributed by atoms with Crippen LogP contribution in [0.5, 0.6) is 0 Å². The Balaban J connectivity index is 1.53. The standard InChI is InChI=1S/C18H25N5O2/c1-2-12-25-17-4-3-10-22(11-9-17)18(24)13-15-5-7-16(8-6-15)23-14-19-20-21-23/h5-8,14,17H,2-4,9-13H2,1H3. The fourth-order valence-electron chi connectivity index (χ4n) is 3.10. The molecule has 1 aromatic carbocycles. The Morgan fingerprint density at radius 3 is 2.80 bits per heavy atom. The molecule has 7 heteroatoms. The van der Waals surface area contributed by atoms with Crippen LogP contribution in [0.4, 0.5) is 0 Å². The zero-order valence-electron chi connectivity index (χ0n) is 14.7. The second-order valence-corrected chi connectivity index (χ2v) is 6.40. The zero-order valence-corrected chi connectivity index (χ0v) is 14.7. The van der Waals surface area contributed by atoms with Gasteiger partial charge in [-0.05, 0) is 53.8 Å². The Labute approximate surface area is 148 Å². The molecule has 0 saturated carbocycles. The molecular weight excluding hydrogens is 318 g/mol. The number of carbonyl (C=O) groups excluding carboxylic acids is 1. The van der Waals surface area contributed by atoms with Gasteiger partial charge in [0.2, 0.25) is 5.91 Å². The molecule has 0 bridgehead atoms. The quantitative estimate of drug-likeness (QED) is 0.802.